The number of rotatable bonds is 7. The van der Waals surface area contributed by atoms with Gasteiger partial charge in [-0.2, -0.15) is 14.6 Å². The molecule has 0 spiro atoms. The third-order valence-electron chi connectivity index (χ3n) is 4.13. The lowest BCUT2D eigenvalue weighted by atomic mass is 10.2. The summed E-state index contributed by atoms with van der Waals surface area (Å²) in [6.45, 7) is 0.571. The first-order valence-corrected chi connectivity index (χ1v) is 8.96. The molecule has 2 aromatic heterocycles. The maximum atomic E-state index is 6.03. The molecule has 0 unspecified atom stereocenters. The van der Waals surface area contributed by atoms with Gasteiger partial charge in [0.05, 0.1) is 7.11 Å². The molecule has 0 aliphatic heterocycles. The number of nitrogens with zero attached hydrogens (tertiary/aromatic N) is 5. The second-order valence-corrected chi connectivity index (χ2v) is 6.14. The quantitative estimate of drug-likeness (QED) is 0.442. The number of para-hydroxylation sites is 1. The standard InChI is InChI=1S/C20H20N8O/c1-29-16-9-7-14(8-10-16)13-23-19-22-12-11-17(25-19)28-18(21)26-20(27-28)24-15-5-3-2-4-6-15/h2-12H,13H2,1H3,(H,22,23,25)(H3,21,24,26,27). The molecule has 0 aliphatic carbocycles. The highest BCUT2D eigenvalue weighted by Gasteiger charge is 2.11. The second kappa shape index (κ2) is 8.26. The highest BCUT2D eigenvalue weighted by Crippen LogP contribution is 2.17. The summed E-state index contributed by atoms with van der Waals surface area (Å²) in [5, 5.41) is 10.7. The van der Waals surface area contributed by atoms with Crippen LogP contribution in [0.3, 0.4) is 0 Å². The van der Waals surface area contributed by atoms with E-state index < -0.39 is 0 Å². The average Bonchev–Trinajstić information content (AvgIpc) is 3.13. The van der Waals surface area contributed by atoms with Gasteiger partial charge < -0.3 is 21.1 Å². The molecular weight excluding hydrogens is 368 g/mol. The Kier molecular flexibility index (Phi) is 5.19. The molecular formula is C20H20N8O. The molecule has 0 atom stereocenters. The lowest BCUT2D eigenvalue weighted by Crippen LogP contribution is -2.09. The molecule has 0 bridgehead atoms. The third kappa shape index (κ3) is 4.41. The number of methoxy groups -OCH3 is 1. The maximum absolute atomic E-state index is 6.03. The van der Waals surface area contributed by atoms with E-state index in [0.29, 0.717) is 24.3 Å². The average molecular weight is 388 g/mol. The van der Waals surface area contributed by atoms with Crippen LogP contribution in [0.4, 0.5) is 23.5 Å². The van der Waals surface area contributed by atoms with E-state index in [1.807, 2.05) is 54.6 Å². The minimum atomic E-state index is 0.225. The van der Waals surface area contributed by atoms with E-state index in [9.17, 15) is 0 Å². The molecule has 9 heteroatoms. The van der Waals surface area contributed by atoms with Gasteiger partial charge in [-0.1, -0.05) is 30.3 Å². The van der Waals surface area contributed by atoms with Gasteiger partial charge in [-0.05, 0) is 29.8 Å². The van der Waals surface area contributed by atoms with Crippen LogP contribution in [0.1, 0.15) is 5.56 Å². The molecule has 0 amide bonds. The van der Waals surface area contributed by atoms with Crippen LogP contribution in [0.15, 0.2) is 66.9 Å². The Morgan fingerprint density at radius 3 is 2.52 bits per heavy atom. The minimum Gasteiger partial charge on any atom is -0.497 e. The second-order valence-electron chi connectivity index (χ2n) is 6.14. The van der Waals surface area contributed by atoms with E-state index in [0.717, 1.165) is 17.0 Å². The number of nitrogens with one attached hydrogen (secondary N) is 2. The summed E-state index contributed by atoms with van der Waals surface area (Å²) in [7, 11) is 1.64. The van der Waals surface area contributed by atoms with Crippen molar-refractivity contribution in [3.8, 4) is 11.6 Å². The van der Waals surface area contributed by atoms with Gasteiger partial charge in [0.1, 0.15) is 5.75 Å². The van der Waals surface area contributed by atoms with Crippen molar-refractivity contribution in [1.82, 2.24) is 24.7 Å². The lowest BCUT2D eigenvalue weighted by Gasteiger charge is -2.07. The van der Waals surface area contributed by atoms with Crippen LogP contribution in [-0.2, 0) is 6.54 Å². The number of nitrogen functional groups attached to an aromatic ring is 1. The number of hydrogen-bond donors (Lipinski definition) is 3. The van der Waals surface area contributed by atoms with Gasteiger partial charge in [0.2, 0.25) is 17.8 Å². The zero-order valence-electron chi connectivity index (χ0n) is 15.8. The van der Waals surface area contributed by atoms with E-state index in [4.69, 9.17) is 10.5 Å². The number of aromatic nitrogens is 5. The van der Waals surface area contributed by atoms with Crippen LogP contribution in [0.5, 0.6) is 5.75 Å². The molecule has 4 aromatic rings. The number of nitrogens with two attached hydrogens (primary N) is 1. The van der Waals surface area contributed by atoms with Gasteiger partial charge in [-0.3, -0.25) is 0 Å². The molecule has 0 saturated heterocycles. The molecule has 2 heterocycles. The zero-order chi connectivity index (χ0) is 20.1. The largest absolute Gasteiger partial charge is 0.497 e. The van der Waals surface area contributed by atoms with Crippen molar-refractivity contribution in [2.75, 3.05) is 23.5 Å². The summed E-state index contributed by atoms with van der Waals surface area (Å²) >= 11 is 0. The summed E-state index contributed by atoms with van der Waals surface area (Å²) in [6.07, 6.45) is 1.64. The smallest absolute Gasteiger partial charge is 0.248 e. The first kappa shape index (κ1) is 18.2. The highest BCUT2D eigenvalue weighted by molar-refractivity contribution is 5.54. The van der Waals surface area contributed by atoms with E-state index in [2.05, 4.69) is 30.7 Å². The Morgan fingerprint density at radius 2 is 1.76 bits per heavy atom. The summed E-state index contributed by atoms with van der Waals surface area (Å²) in [5.41, 5.74) is 7.97. The van der Waals surface area contributed by atoms with Crippen molar-refractivity contribution in [1.29, 1.82) is 0 Å². The van der Waals surface area contributed by atoms with Crippen molar-refractivity contribution in [3.05, 3.63) is 72.4 Å². The first-order chi connectivity index (χ1) is 14.2. The Morgan fingerprint density at radius 1 is 0.966 bits per heavy atom. The third-order valence-corrected chi connectivity index (χ3v) is 4.13. The van der Waals surface area contributed by atoms with Gasteiger partial charge in [-0.15, -0.1) is 5.10 Å². The van der Waals surface area contributed by atoms with Crippen LogP contribution >= 0.6 is 0 Å². The van der Waals surface area contributed by atoms with Gasteiger partial charge in [-0.25, -0.2) is 4.98 Å². The van der Waals surface area contributed by atoms with Gasteiger partial charge in [0.15, 0.2) is 5.82 Å². The van der Waals surface area contributed by atoms with E-state index >= 15 is 0 Å². The van der Waals surface area contributed by atoms with Crippen molar-refractivity contribution in [3.63, 3.8) is 0 Å². The van der Waals surface area contributed by atoms with Gasteiger partial charge >= 0.3 is 0 Å². The number of benzene rings is 2. The fourth-order valence-electron chi connectivity index (χ4n) is 2.67. The molecule has 29 heavy (non-hydrogen) atoms. The molecule has 0 saturated carbocycles. The molecule has 4 rings (SSSR count). The van der Waals surface area contributed by atoms with Gasteiger partial charge in [0.25, 0.3) is 0 Å². The zero-order valence-corrected chi connectivity index (χ0v) is 15.8. The van der Waals surface area contributed by atoms with Crippen molar-refractivity contribution >= 4 is 23.5 Å². The highest BCUT2D eigenvalue weighted by atomic mass is 16.5. The normalized spacial score (nSPS) is 10.5. The molecule has 4 N–H and O–H groups in total. The predicted octanol–water partition coefficient (Wildman–Crippen LogP) is 3.00. The van der Waals surface area contributed by atoms with E-state index in [1.54, 1.807) is 19.4 Å². The van der Waals surface area contributed by atoms with E-state index in [1.165, 1.54) is 4.68 Å². The Bertz CT molecular complexity index is 1080. The summed E-state index contributed by atoms with van der Waals surface area (Å²) < 4.78 is 6.63. The maximum Gasteiger partial charge on any atom is 0.248 e. The molecule has 0 aliphatic rings. The number of ether oxygens (including phenoxy) is 1. The van der Waals surface area contributed by atoms with Crippen LogP contribution in [0.2, 0.25) is 0 Å². The molecule has 2 aromatic carbocycles. The molecule has 0 radical (unpaired) electrons. The van der Waals surface area contributed by atoms with Gasteiger partial charge in [0, 0.05) is 24.5 Å². The Balaban J connectivity index is 1.48. The van der Waals surface area contributed by atoms with Crippen molar-refractivity contribution < 1.29 is 4.74 Å². The van der Waals surface area contributed by atoms with Crippen LogP contribution in [-0.4, -0.2) is 31.8 Å². The van der Waals surface area contributed by atoms with Crippen LogP contribution < -0.4 is 21.1 Å². The monoisotopic (exact) mass is 388 g/mol. The summed E-state index contributed by atoms with van der Waals surface area (Å²) in [5.74, 6) is 2.41. The Labute approximate surface area is 167 Å². The predicted molar refractivity (Wildman–Crippen MR) is 111 cm³/mol. The van der Waals surface area contributed by atoms with Crippen LogP contribution in [0, 0.1) is 0 Å². The molecule has 9 nitrogen and oxygen atoms in total. The number of anilines is 4. The summed E-state index contributed by atoms with van der Waals surface area (Å²) in [4.78, 5) is 13.0. The Hall–Kier alpha value is -4.14. The fraction of sp³-hybridized carbons (Fsp3) is 0.100. The van der Waals surface area contributed by atoms with Crippen molar-refractivity contribution in [2.24, 2.45) is 0 Å². The minimum absolute atomic E-state index is 0.225. The van der Waals surface area contributed by atoms with Crippen LogP contribution in [0.25, 0.3) is 5.82 Å². The van der Waals surface area contributed by atoms with Crippen molar-refractivity contribution in [2.45, 2.75) is 6.54 Å². The van der Waals surface area contributed by atoms with E-state index in [-0.39, 0.29) is 5.95 Å². The molecule has 0 fully saturated rings. The fourth-order valence-corrected chi connectivity index (χ4v) is 2.67. The number of hydrogen-bond acceptors (Lipinski definition) is 8. The first-order valence-electron chi connectivity index (χ1n) is 8.96. The summed E-state index contributed by atoms with van der Waals surface area (Å²) in [6, 6.07) is 19.1. The topological polar surface area (TPSA) is 116 Å². The molecule has 146 valence electrons. The lowest BCUT2D eigenvalue weighted by molar-refractivity contribution is 0.414. The SMILES string of the molecule is COc1ccc(CNc2nccc(-n3nc(Nc4ccccc4)nc3N)n2)cc1.